The summed E-state index contributed by atoms with van der Waals surface area (Å²) in [7, 11) is 0. The predicted octanol–water partition coefficient (Wildman–Crippen LogP) is 1.15. The summed E-state index contributed by atoms with van der Waals surface area (Å²) in [6.07, 6.45) is -3.62. The maximum absolute atomic E-state index is 12.1. The molecule has 1 aliphatic heterocycles. The quantitative estimate of drug-likeness (QED) is 0.734. The van der Waals surface area contributed by atoms with Gasteiger partial charge in [-0.15, -0.1) is 0 Å². The first-order valence-corrected chi connectivity index (χ1v) is 5.38. The van der Waals surface area contributed by atoms with E-state index in [2.05, 4.69) is 0 Å². The monoisotopic (exact) mass is 238 g/mol. The number of hydrogen-bond donors (Lipinski definition) is 0. The average Bonchev–Trinajstić information content (AvgIpc) is 2.14. The zero-order valence-corrected chi connectivity index (χ0v) is 9.39. The number of Topliss-reactive ketones (excluding diaryl/α,β-unsaturated/α-hetero) is 1. The molecule has 0 aliphatic carbocycles. The van der Waals surface area contributed by atoms with E-state index in [1.165, 1.54) is 11.8 Å². The van der Waals surface area contributed by atoms with Crippen molar-refractivity contribution in [3.8, 4) is 0 Å². The number of nitrogens with zero attached hydrogens (tertiary/aromatic N) is 2. The molecular weight excluding hydrogens is 221 g/mol. The number of ketones is 1. The smallest absolute Gasteiger partial charge is 0.300 e. The maximum atomic E-state index is 12.1. The first-order valence-electron chi connectivity index (χ1n) is 5.38. The van der Waals surface area contributed by atoms with Gasteiger partial charge in [-0.05, 0) is 6.92 Å². The van der Waals surface area contributed by atoms with Crippen molar-refractivity contribution >= 4 is 5.78 Å². The van der Waals surface area contributed by atoms with Gasteiger partial charge in [0.2, 0.25) is 0 Å². The van der Waals surface area contributed by atoms with Crippen LogP contribution in [0.1, 0.15) is 13.3 Å². The van der Waals surface area contributed by atoms with Crippen LogP contribution in [-0.2, 0) is 4.79 Å². The summed E-state index contributed by atoms with van der Waals surface area (Å²) >= 11 is 0. The van der Waals surface area contributed by atoms with Gasteiger partial charge in [0.05, 0.1) is 6.54 Å². The van der Waals surface area contributed by atoms with Crippen LogP contribution in [0.4, 0.5) is 13.2 Å². The van der Waals surface area contributed by atoms with E-state index in [0.717, 1.165) is 0 Å². The lowest BCUT2D eigenvalue weighted by molar-refractivity contribution is -0.149. The highest BCUT2D eigenvalue weighted by molar-refractivity contribution is 5.75. The summed E-state index contributed by atoms with van der Waals surface area (Å²) < 4.78 is 36.3. The first kappa shape index (κ1) is 13.4. The highest BCUT2D eigenvalue weighted by atomic mass is 19.4. The minimum atomic E-state index is -4.11. The molecule has 0 aromatic heterocycles. The standard InChI is InChI=1S/C10H17F3N2O/c1-9(16)2-3-14-4-6-15(7-5-14)8-10(11,12)13/h2-8H2,1H3. The van der Waals surface area contributed by atoms with E-state index in [1.807, 2.05) is 4.90 Å². The minimum absolute atomic E-state index is 0.123. The molecule has 0 N–H and O–H groups in total. The van der Waals surface area contributed by atoms with Crippen molar-refractivity contribution in [2.24, 2.45) is 0 Å². The number of carbonyl (C=O) groups excluding carboxylic acids is 1. The topological polar surface area (TPSA) is 23.6 Å². The molecule has 0 atom stereocenters. The highest BCUT2D eigenvalue weighted by Crippen LogP contribution is 2.17. The normalized spacial score (nSPS) is 20.0. The summed E-state index contributed by atoms with van der Waals surface area (Å²) in [5, 5.41) is 0. The van der Waals surface area contributed by atoms with Gasteiger partial charge in [0, 0.05) is 39.1 Å². The Balaban J connectivity index is 2.21. The molecular formula is C10H17F3N2O. The number of piperazine rings is 1. The molecule has 3 nitrogen and oxygen atoms in total. The average molecular weight is 238 g/mol. The fraction of sp³-hybridized carbons (Fsp3) is 0.900. The molecule has 1 rings (SSSR count). The van der Waals surface area contributed by atoms with Crippen LogP contribution in [0, 0.1) is 0 Å². The molecule has 1 fully saturated rings. The van der Waals surface area contributed by atoms with E-state index >= 15 is 0 Å². The van der Waals surface area contributed by atoms with Crippen LogP contribution < -0.4 is 0 Å². The maximum Gasteiger partial charge on any atom is 0.401 e. The van der Waals surface area contributed by atoms with E-state index in [9.17, 15) is 18.0 Å². The van der Waals surface area contributed by atoms with Crippen LogP contribution in [0.25, 0.3) is 0 Å². The van der Waals surface area contributed by atoms with Crippen molar-refractivity contribution in [1.82, 2.24) is 9.80 Å². The molecule has 0 aromatic carbocycles. The van der Waals surface area contributed by atoms with Crippen LogP contribution in [0.3, 0.4) is 0 Å². The summed E-state index contributed by atoms with van der Waals surface area (Å²) in [4.78, 5) is 14.2. The van der Waals surface area contributed by atoms with Gasteiger partial charge in [0.25, 0.3) is 0 Å². The summed E-state index contributed by atoms with van der Waals surface area (Å²) in [5.74, 6) is 0.123. The molecule has 0 radical (unpaired) electrons. The van der Waals surface area contributed by atoms with E-state index in [-0.39, 0.29) is 5.78 Å². The van der Waals surface area contributed by atoms with Gasteiger partial charge in [0.15, 0.2) is 0 Å². The van der Waals surface area contributed by atoms with Crippen LogP contribution in [-0.4, -0.2) is 61.0 Å². The van der Waals surface area contributed by atoms with Crippen molar-refractivity contribution < 1.29 is 18.0 Å². The van der Waals surface area contributed by atoms with Crippen LogP contribution in [0.2, 0.25) is 0 Å². The molecule has 0 spiro atoms. The molecule has 94 valence electrons. The fourth-order valence-electron chi connectivity index (χ4n) is 1.74. The van der Waals surface area contributed by atoms with E-state index in [0.29, 0.717) is 39.1 Å². The Labute approximate surface area is 93.2 Å². The van der Waals surface area contributed by atoms with Gasteiger partial charge >= 0.3 is 6.18 Å². The Bertz CT molecular complexity index is 235. The first-order chi connectivity index (χ1) is 7.37. The summed E-state index contributed by atoms with van der Waals surface area (Å²) in [6.45, 7) is 3.45. The van der Waals surface area contributed by atoms with Crippen molar-refractivity contribution in [3.63, 3.8) is 0 Å². The second kappa shape index (κ2) is 5.63. The molecule has 6 heteroatoms. The van der Waals surface area contributed by atoms with E-state index in [4.69, 9.17) is 0 Å². The van der Waals surface area contributed by atoms with Crippen molar-refractivity contribution in [2.45, 2.75) is 19.5 Å². The third kappa shape index (κ3) is 5.46. The predicted molar refractivity (Wildman–Crippen MR) is 54.2 cm³/mol. The Morgan fingerprint density at radius 2 is 1.62 bits per heavy atom. The summed E-state index contributed by atoms with van der Waals surface area (Å²) in [5.41, 5.74) is 0. The molecule has 16 heavy (non-hydrogen) atoms. The van der Waals surface area contributed by atoms with E-state index in [1.54, 1.807) is 0 Å². The molecule has 0 saturated carbocycles. The molecule has 0 unspecified atom stereocenters. The third-order valence-corrected chi connectivity index (χ3v) is 2.65. The number of alkyl halides is 3. The van der Waals surface area contributed by atoms with Crippen LogP contribution in [0.15, 0.2) is 0 Å². The molecule has 1 saturated heterocycles. The zero-order valence-electron chi connectivity index (χ0n) is 9.39. The number of halogens is 3. The lowest BCUT2D eigenvalue weighted by atomic mass is 10.2. The SMILES string of the molecule is CC(=O)CCN1CCN(CC(F)(F)F)CC1. The summed E-state index contributed by atoms with van der Waals surface area (Å²) in [6, 6.07) is 0. The molecule has 1 heterocycles. The molecule has 0 bridgehead atoms. The lowest BCUT2D eigenvalue weighted by Crippen LogP contribution is -2.49. The minimum Gasteiger partial charge on any atom is -0.300 e. The fourth-order valence-corrected chi connectivity index (χ4v) is 1.74. The molecule has 0 aromatic rings. The van der Waals surface area contributed by atoms with Crippen LogP contribution in [0.5, 0.6) is 0 Å². The van der Waals surface area contributed by atoms with Gasteiger partial charge < -0.3 is 4.90 Å². The van der Waals surface area contributed by atoms with Crippen molar-refractivity contribution in [2.75, 3.05) is 39.3 Å². The highest BCUT2D eigenvalue weighted by Gasteiger charge is 2.31. The van der Waals surface area contributed by atoms with Gasteiger partial charge in [-0.1, -0.05) is 0 Å². The largest absolute Gasteiger partial charge is 0.401 e. The van der Waals surface area contributed by atoms with Crippen molar-refractivity contribution in [1.29, 1.82) is 0 Å². The van der Waals surface area contributed by atoms with Gasteiger partial charge in [-0.25, -0.2) is 0 Å². The van der Waals surface area contributed by atoms with Gasteiger partial charge in [0.1, 0.15) is 5.78 Å². The van der Waals surface area contributed by atoms with Crippen LogP contribution >= 0.6 is 0 Å². The molecule has 0 amide bonds. The lowest BCUT2D eigenvalue weighted by Gasteiger charge is -2.34. The van der Waals surface area contributed by atoms with Gasteiger partial charge in [-0.2, -0.15) is 13.2 Å². The van der Waals surface area contributed by atoms with Gasteiger partial charge in [-0.3, -0.25) is 9.69 Å². The second-order valence-electron chi connectivity index (χ2n) is 4.18. The van der Waals surface area contributed by atoms with E-state index < -0.39 is 12.7 Å². The van der Waals surface area contributed by atoms with Crippen molar-refractivity contribution in [3.05, 3.63) is 0 Å². The Kier molecular flexibility index (Phi) is 4.73. The molecule has 1 aliphatic rings. The number of hydrogen-bond acceptors (Lipinski definition) is 3. The third-order valence-electron chi connectivity index (χ3n) is 2.65. The number of carbonyl (C=O) groups is 1. The Hall–Kier alpha value is -0.620. The zero-order chi connectivity index (χ0) is 12.2. The Morgan fingerprint density at radius 3 is 2.06 bits per heavy atom. The number of rotatable bonds is 4. The second-order valence-corrected chi connectivity index (χ2v) is 4.18. The Morgan fingerprint density at radius 1 is 1.12 bits per heavy atom.